The van der Waals surface area contributed by atoms with Gasteiger partial charge in [0.15, 0.2) is 5.82 Å². The fraction of sp³-hybridized carbons (Fsp3) is 0.312. The van der Waals surface area contributed by atoms with Gasteiger partial charge in [-0.2, -0.15) is 5.10 Å². The molecule has 1 aliphatic rings. The first-order valence-electron chi connectivity index (χ1n) is 7.88. The molecule has 0 spiro atoms. The van der Waals surface area contributed by atoms with Gasteiger partial charge < -0.3 is 5.32 Å². The van der Waals surface area contributed by atoms with Crippen LogP contribution in [-0.2, 0) is 11.3 Å². The highest BCUT2D eigenvalue weighted by molar-refractivity contribution is 5.89. The lowest BCUT2D eigenvalue weighted by atomic mass is 10.2. The smallest absolute Gasteiger partial charge is 0.277 e. The number of amides is 1. The highest BCUT2D eigenvalue weighted by atomic mass is 16.2. The third-order valence-electron chi connectivity index (χ3n) is 4.06. The van der Waals surface area contributed by atoms with Crippen LogP contribution < -0.4 is 10.9 Å². The molecule has 0 radical (unpaired) electrons. The molecule has 0 bridgehead atoms. The molecule has 2 N–H and O–H groups in total. The molecule has 1 amide bonds. The number of nitrogens with zero attached hydrogens (tertiary/aromatic N) is 4. The predicted molar refractivity (Wildman–Crippen MR) is 87.6 cm³/mol. The fourth-order valence-electron chi connectivity index (χ4n) is 2.59. The van der Waals surface area contributed by atoms with E-state index in [1.165, 1.54) is 17.5 Å². The summed E-state index contributed by atoms with van der Waals surface area (Å²) in [7, 11) is 0. The average molecular weight is 324 g/mol. The Hall–Kier alpha value is -3.03. The van der Waals surface area contributed by atoms with Gasteiger partial charge in [0, 0.05) is 24.1 Å². The van der Waals surface area contributed by atoms with Gasteiger partial charge in [-0.1, -0.05) is 17.3 Å². The lowest BCUT2D eigenvalue weighted by molar-refractivity contribution is -0.116. The largest absolute Gasteiger partial charge is 0.309 e. The summed E-state index contributed by atoms with van der Waals surface area (Å²) in [5, 5.41) is 18.1. The SMILES string of the molecule is O=C(CCn1nnc2ccccc2c1=O)Nc1cc(C2CC2)[nH]n1. The number of hydrogen-bond donors (Lipinski definition) is 2. The Bertz CT molecular complexity index is 956. The van der Waals surface area contributed by atoms with Gasteiger partial charge >= 0.3 is 0 Å². The van der Waals surface area contributed by atoms with Crippen LogP contribution >= 0.6 is 0 Å². The van der Waals surface area contributed by atoms with Crippen LogP contribution in [-0.4, -0.2) is 31.1 Å². The van der Waals surface area contributed by atoms with Gasteiger partial charge in [0.2, 0.25) is 5.91 Å². The highest BCUT2D eigenvalue weighted by Gasteiger charge is 2.25. The van der Waals surface area contributed by atoms with Gasteiger partial charge in [-0.25, -0.2) is 4.68 Å². The van der Waals surface area contributed by atoms with E-state index in [1.807, 2.05) is 6.07 Å². The van der Waals surface area contributed by atoms with Gasteiger partial charge in [0.25, 0.3) is 5.56 Å². The molecule has 0 aliphatic heterocycles. The molecule has 4 rings (SSSR count). The molecule has 2 heterocycles. The molecule has 0 saturated heterocycles. The van der Waals surface area contributed by atoms with Gasteiger partial charge in [0.05, 0.1) is 11.9 Å². The van der Waals surface area contributed by atoms with Crippen LogP contribution in [0.3, 0.4) is 0 Å². The van der Waals surface area contributed by atoms with Gasteiger partial charge in [-0.05, 0) is 25.0 Å². The van der Waals surface area contributed by atoms with E-state index in [1.54, 1.807) is 24.3 Å². The number of anilines is 1. The lowest BCUT2D eigenvalue weighted by Crippen LogP contribution is -2.26. The van der Waals surface area contributed by atoms with E-state index >= 15 is 0 Å². The molecular weight excluding hydrogens is 308 g/mol. The van der Waals surface area contributed by atoms with Crippen molar-refractivity contribution >= 4 is 22.6 Å². The summed E-state index contributed by atoms with van der Waals surface area (Å²) in [6, 6.07) is 8.87. The fourth-order valence-corrected chi connectivity index (χ4v) is 2.59. The minimum Gasteiger partial charge on any atom is -0.309 e. The van der Waals surface area contributed by atoms with Crippen molar-refractivity contribution in [1.82, 2.24) is 25.2 Å². The molecule has 0 unspecified atom stereocenters. The van der Waals surface area contributed by atoms with Crippen LogP contribution in [0.25, 0.3) is 10.9 Å². The predicted octanol–water partition coefficient (Wildman–Crippen LogP) is 1.42. The number of H-pyrrole nitrogens is 1. The Kier molecular flexibility index (Phi) is 3.56. The molecule has 1 aromatic carbocycles. The van der Waals surface area contributed by atoms with E-state index in [4.69, 9.17) is 0 Å². The number of aromatic nitrogens is 5. The number of nitrogens with one attached hydrogen (secondary N) is 2. The normalized spacial score (nSPS) is 14.0. The van der Waals surface area contributed by atoms with Crippen molar-refractivity contribution in [3.8, 4) is 0 Å². The van der Waals surface area contributed by atoms with E-state index in [0.29, 0.717) is 22.6 Å². The molecule has 0 atom stereocenters. The molecule has 8 heteroatoms. The second-order valence-electron chi connectivity index (χ2n) is 5.92. The maximum absolute atomic E-state index is 12.3. The summed E-state index contributed by atoms with van der Waals surface area (Å²) in [4.78, 5) is 24.3. The number of aryl methyl sites for hydroxylation is 1. The zero-order valence-corrected chi connectivity index (χ0v) is 12.9. The van der Waals surface area contributed by atoms with E-state index in [0.717, 1.165) is 5.69 Å². The Morgan fingerprint density at radius 3 is 3.00 bits per heavy atom. The summed E-state index contributed by atoms with van der Waals surface area (Å²) >= 11 is 0. The second-order valence-corrected chi connectivity index (χ2v) is 5.92. The van der Waals surface area contributed by atoms with Crippen LogP contribution in [0, 0.1) is 0 Å². The van der Waals surface area contributed by atoms with Crippen molar-refractivity contribution < 1.29 is 4.79 Å². The molecule has 24 heavy (non-hydrogen) atoms. The van der Waals surface area contributed by atoms with Crippen molar-refractivity contribution in [1.29, 1.82) is 0 Å². The standard InChI is InChI=1S/C16H16N6O2/c23-15(17-14-9-13(18-20-14)10-5-6-10)7-8-22-16(24)11-3-1-2-4-12(11)19-21-22/h1-4,9-10H,5-8H2,(H2,17,18,20,23). The Labute approximate surface area is 136 Å². The summed E-state index contributed by atoms with van der Waals surface area (Å²) in [6.45, 7) is 0.169. The van der Waals surface area contributed by atoms with Crippen molar-refractivity contribution in [3.63, 3.8) is 0 Å². The number of fused-ring (bicyclic) bond motifs is 1. The van der Waals surface area contributed by atoms with E-state index in [-0.39, 0.29) is 24.4 Å². The first kappa shape index (κ1) is 14.6. The summed E-state index contributed by atoms with van der Waals surface area (Å²) in [6.07, 6.45) is 2.46. The zero-order chi connectivity index (χ0) is 16.5. The van der Waals surface area contributed by atoms with E-state index in [2.05, 4.69) is 25.8 Å². The number of carbonyl (C=O) groups is 1. The maximum Gasteiger partial charge on any atom is 0.277 e. The Balaban J connectivity index is 1.41. The van der Waals surface area contributed by atoms with Crippen LogP contribution in [0.2, 0.25) is 0 Å². The average Bonchev–Trinajstić information content (AvgIpc) is 3.34. The number of hydrogen-bond acceptors (Lipinski definition) is 5. The van der Waals surface area contributed by atoms with Crippen LogP contribution in [0.4, 0.5) is 5.82 Å². The summed E-state index contributed by atoms with van der Waals surface area (Å²) in [5.41, 5.74) is 1.36. The first-order valence-corrected chi connectivity index (χ1v) is 7.88. The van der Waals surface area contributed by atoms with Crippen LogP contribution in [0.15, 0.2) is 35.1 Å². The molecule has 1 aliphatic carbocycles. The first-order chi connectivity index (χ1) is 11.7. The zero-order valence-electron chi connectivity index (χ0n) is 12.9. The van der Waals surface area contributed by atoms with Crippen molar-refractivity contribution in [3.05, 3.63) is 46.4 Å². The van der Waals surface area contributed by atoms with Crippen molar-refractivity contribution in [2.75, 3.05) is 5.32 Å². The molecule has 3 aromatic rings. The molecule has 2 aromatic heterocycles. The molecule has 1 fully saturated rings. The Morgan fingerprint density at radius 1 is 1.33 bits per heavy atom. The van der Waals surface area contributed by atoms with Crippen molar-refractivity contribution in [2.24, 2.45) is 0 Å². The number of rotatable bonds is 5. The van der Waals surface area contributed by atoms with Gasteiger partial charge in [-0.3, -0.25) is 14.7 Å². The third kappa shape index (κ3) is 2.90. The van der Waals surface area contributed by atoms with E-state index < -0.39 is 0 Å². The monoisotopic (exact) mass is 324 g/mol. The number of carbonyl (C=O) groups excluding carboxylic acids is 1. The molecule has 1 saturated carbocycles. The Morgan fingerprint density at radius 2 is 2.17 bits per heavy atom. The molecule has 122 valence electrons. The van der Waals surface area contributed by atoms with Crippen LogP contribution in [0.1, 0.15) is 30.9 Å². The highest BCUT2D eigenvalue weighted by Crippen LogP contribution is 2.39. The topological polar surface area (TPSA) is 106 Å². The molecular formula is C16H16N6O2. The lowest BCUT2D eigenvalue weighted by Gasteiger charge is -2.04. The minimum absolute atomic E-state index is 0.124. The quantitative estimate of drug-likeness (QED) is 0.738. The minimum atomic E-state index is -0.246. The summed E-state index contributed by atoms with van der Waals surface area (Å²) in [5.74, 6) is 0.846. The van der Waals surface area contributed by atoms with Gasteiger partial charge in [0.1, 0.15) is 5.52 Å². The van der Waals surface area contributed by atoms with Crippen LogP contribution in [0.5, 0.6) is 0 Å². The van der Waals surface area contributed by atoms with Crippen molar-refractivity contribution in [2.45, 2.75) is 31.7 Å². The molecule has 8 nitrogen and oxygen atoms in total. The number of aromatic amines is 1. The number of benzene rings is 1. The summed E-state index contributed by atoms with van der Waals surface area (Å²) < 4.78 is 1.21. The third-order valence-corrected chi connectivity index (χ3v) is 4.06. The maximum atomic E-state index is 12.3. The van der Waals surface area contributed by atoms with Gasteiger partial charge in [-0.15, -0.1) is 5.10 Å². The second kappa shape index (κ2) is 5.88. The van der Waals surface area contributed by atoms with E-state index in [9.17, 15) is 9.59 Å².